The maximum Gasteiger partial charge on any atom is 0.270 e. The van der Waals surface area contributed by atoms with Crippen LogP contribution >= 0.6 is 11.6 Å². The van der Waals surface area contributed by atoms with Crippen molar-refractivity contribution in [2.24, 2.45) is 0 Å². The summed E-state index contributed by atoms with van der Waals surface area (Å²) in [5, 5.41) is 8.44. The second-order valence-electron chi connectivity index (χ2n) is 7.94. The molecule has 0 unspecified atom stereocenters. The van der Waals surface area contributed by atoms with Crippen molar-refractivity contribution >= 4 is 17.5 Å². The minimum atomic E-state index is -0.327. The van der Waals surface area contributed by atoms with Gasteiger partial charge in [-0.1, -0.05) is 78.3 Å². The molecular formula is C28H22ClN3O2. The van der Waals surface area contributed by atoms with E-state index in [1.807, 2.05) is 91.9 Å². The lowest BCUT2D eigenvalue weighted by Crippen LogP contribution is -2.31. The molecule has 5 rings (SSSR count). The van der Waals surface area contributed by atoms with Gasteiger partial charge in [-0.05, 0) is 48.4 Å². The fraction of sp³-hybridized carbons (Fsp3) is 0.0714. The van der Waals surface area contributed by atoms with Crippen molar-refractivity contribution in [1.29, 1.82) is 0 Å². The monoisotopic (exact) mass is 467 g/mol. The number of aryl methyl sites for hydroxylation is 1. The van der Waals surface area contributed by atoms with E-state index in [0.29, 0.717) is 27.9 Å². The number of benzene rings is 3. The molecule has 0 saturated carbocycles. The molecule has 5 nitrogen and oxygen atoms in total. The highest BCUT2D eigenvalue weighted by Crippen LogP contribution is 2.27. The summed E-state index contributed by atoms with van der Waals surface area (Å²) in [5.41, 5.74) is 3.59. The average molecular weight is 468 g/mol. The van der Waals surface area contributed by atoms with Crippen molar-refractivity contribution in [3.63, 3.8) is 0 Å². The average Bonchev–Trinajstić information content (AvgIpc) is 3.50. The zero-order chi connectivity index (χ0) is 23.5. The van der Waals surface area contributed by atoms with Crippen LogP contribution in [0.25, 0.3) is 17.1 Å². The number of amides is 1. The van der Waals surface area contributed by atoms with E-state index in [9.17, 15) is 4.79 Å². The Bertz CT molecular complexity index is 1390. The standard InChI is InChI=1S/C28H22ClN3O2/c1-19-15-16-26(34-19)24-18-25(32(31-24)23-14-8-13-22(29)17-23)28(33)30-27(20-9-4-2-5-10-20)21-11-6-3-7-12-21/h2-18,27H,1H3,(H,30,33). The summed E-state index contributed by atoms with van der Waals surface area (Å²) < 4.78 is 7.36. The first-order valence-electron chi connectivity index (χ1n) is 10.9. The Hall–Kier alpha value is -4.09. The van der Waals surface area contributed by atoms with E-state index in [4.69, 9.17) is 16.0 Å². The minimum absolute atomic E-state index is 0.264. The van der Waals surface area contributed by atoms with Crippen LogP contribution < -0.4 is 5.32 Å². The van der Waals surface area contributed by atoms with Crippen molar-refractivity contribution < 1.29 is 9.21 Å². The van der Waals surface area contributed by atoms with Gasteiger partial charge in [-0.3, -0.25) is 4.79 Å². The van der Waals surface area contributed by atoms with Crippen LogP contribution in [0, 0.1) is 6.92 Å². The fourth-order valence-corrected chi connectivity index (χ4v) is 4.08. The maximum absolute atomic E-state index is 13.7. The second kappa shape index (κ2) is 9.41. The van der Waals surface area contributed by atoms with Crippen LogP contribution in [0.1, 0.15) is 33.4 Å². The Morgan fingerprint density at radius 2 is 1.56 bits per heavy atom. The first-order chi connectivity index (χ1) is 16.6. The van der Waals surface area contributed by atoms with Crippen molar-refractivity contribution in [1.82, 2.24) is 15.1 Å². The van der Waals surface area contributed by atoms with Crippen LogP contribution in [0.3, 0.4) is 0 Å². The van der Waals surface area contributed by atoms with E-state index in [0.717, 1.165) is 16.9 Å². The Kier molecular flexibility index (Phi) is 6.02. The Labute approximate surface area is 202 Å². The third kappa shape index (κ3) is 4.51. The number of hydrogen-bond donors (Lipinski definition) is 1. The molecule has 6 heteroatoms. The highest BCUT2D eigenvalue weighted by atomic mass is 35.5. The second-order valence-corrected chi connectivity index (χ2v) is 8.38. The molecule has 0 spiro atoms. The molecule has 0 aliphatic heterocycles. The van der Waals surface area contributed by atoms with Gasteiger partial charge in [0, 0.05) is 11.1 Å². The molecule has 2 aromatic heterocycles. The van der Waals surface area contributed by atoms with Crippen LogP contribution in [0.5, 0.6) is 0 Å². The largest absolute Gasteiger partial charge is 0.460 e. The molecule has 0 aliphatic rings. The molecule has 0 aliphatic carbocycles. The molecule has 3 aromatic carbocycles. The Morgan fingerprint density at radius 1 is 0.882 bits per heavy atom. The molecular weight excluding hydrogens is 446 g/mol. The Morgan fingerprint density at radius 3 is 2.15 bits per heavy atom. The minimum Gasteiger partial charge on any atom is -0.460 e. The SMILES string of the molecule is Cc1ccc(-c2cc(C(=O)NC(c3ccccc3)c3ccccc3)n(-c3cccc(Cl)c3)n2)o1. The van der Waals surface area contributed by atoms with Gasteiger partial charge >= 0.3 is 0 Å². The van der Waals surface area contributed by atoms with Gasteiger partial charge in [0.2, 0.25) is 0 Å². The van der Waals surface area contributed by atoms with Gasteiger partial charge in [0.05, 0.1) is 11.7 Å². The fourth-order valence-electron chi connectivity index (χ4n) is 3.90. The third-order valence-electron chi connectivity index (χ3n) is 5.53. The molecule has 0 atom stereocenters. The van der Waals surface area contributed by atoms with Gasteiger partial charge in [-0.15, -0.1) is 0 Å². The number of furan rings is 1. The van der Waals surface area contributed by atoms with Gasteiger partial charge in [0.25, 0.3) is 5.91 Å². The maximum atomic E-state index is 13.7. The predicted molar refractivity (Wildman–Crippen MR) is 133 cm³/mol. The summed E-state index contributed by atoms with van der Waals surface area (Å²) in [6.45, 7) is 1.87. The van der Waals surface area contributed by atoms with Crippen molar-refractivity contribution in [3.8, 4) is 17.1 Å². The number of nitrogens with one attached hydrogen (secondary N) is 1. The highest BCUT2D eigenvalue weighted by Gasteiger charge is 2.23. The van der Waals surface area contributed by atoms with Gasteiger partial charge in [0.15, 0.2) is 5.76 Å². The lowest BCUT2D eigenvalue weighted by atomic mass is 9.98. The third-order valence-corrected chi connectivity index (χ3v) is 5.76. The molecule has 1 amide bonds. The molecule has 0 fully saturated rings. The van der Waals surface area contributed by atoms with E-state index >= 15 is 0 Å². The molecule has 2 heterocycles. The van der Waals surface area contributed by atoms with Crippen LogP contribution in [-0.2, 0) is 0 Å². The van der Waals surface area contributed by atoms with E-state index in [2.05, 4.69) is 10.4 Å². The highest BCUT2D eigenvalue weighted by molar-refractivity contribution is 6.30. The molecule has 0 radical (unpaired) electrons. The summed E-state index contributed by atoms with van der Waals surface area (Å²) in [6.07, 6.45) is 0. The predicted octanol–water partition coefficient (Wildman–Crippen LogP) is 6.61. The van der Waals surface area contributed by atoms with Crippen LogP contribution in [0.2, 0.25) is 5.02 Å². The van der Waals surface area contributed by atoms with Crippen LogP contribution in [0.4, 0.5) is 0 Å². The molecule has 34 heavy (non-hydrogen) atoms. The quantitative estimate of drug-likeness (QED) is 0.305. The van der Waals surface area contributed by atoms with Crippen molar-refractivity contribution in [2.75, 3.05) is 0 Å². The summed E-state index contributed by atoms with van der Waals surface area (Å²) in [5.74, 6) is 1.10. The number of halogens is 1. The lowest BCUT2D eigenvalue weighted by molar-refractivity contribution is 0.0935. The molecule has 0 bridgehead atoms. The van der Waals surface area contributed by atoms with Crippen LogP contribution in [0.15, 0.2) is 108 Å². The topological polar surface area (TPSA) is 60.1 Å². The first kappa shape index (κ1) is 21.7. The number of carbonyl (C=O) groups excluding carboxylic acids is 1. The Balaban J connectivity index is 1.57. The van der Waals surface area contributed by atoms with Gasteiger partial charge < -0.3 is 9.73 Å². The van der Waals surface area contributed by atoms with Gasteiger partial charge in [-0.2, -0.15) is 5.10 Å². The van der Waals surface area contributed by atoms with E-state index in [-0.39, 0.29) is 11.9 Å². The van der Waals surface area contributed by atoms with Gasteiger partial charge in [0.1, 0.15) is 17.1 Å². The number of nitrogens with zero attached hydrogens (tertiary/aromatic N) is 2. The summed E-state index contributed by atoms with van der Waals surface area (Å²) in [7, 11) is 0. The van der Waals surface area contributed by atoms with Gasteiger partial charge in [-0.25, -0.2) is 4.68 Å². The van der Waals surface area contributed by atoms with Crippen molar-refractivity contribution in [3.05, 3.63) is 131 Å². The lowest BCUT2D eigenvalue weighted by Gasteiger charge is -2.20. The van der Waals surface area contributed by atoms with Crippen molar-refractivity contribution in [2.45, 2.75) is 13.0 Å². The summed E-state index contributed by atoms with van der Waals surface area (Å²) >= 11 is 6.24. The zero-order valence-electron chi connectivity index (χ0n) is 18.5. The normalized spacial score (nSPS) is 11.0. The van der Waals surface area contributed by atoms with E-state index in [1.165, 1.54) is 0 Å². The zero-order valence-corrected chi connectivity index (χ0v) is 19.2. The summed E-state index contributed by atoms with van der Waals surface area (Å²) in [6, 6.07) is 32.2. The number of carbonyl (C=O) groups is 1. The van der Waals surface area contributed by atoms with Crippen LogP contribution in [-0.4, -0.2) is 15.7 Å². The smallest absolute Gasteiger partial charge is 0.270 e. The molecule has 0 saturated heterocycles. The number of hydrogen-bond acceptors (Lipinski definition) is 3. The number of rotatable bonds is 6. The number of aromatic nitrogens is 2. The van der Waals surface area contributed by atoms with E-state index < -0.39 is 0 Å². The molecule has 1 N–H and O–H groups in total. The first-order valence-corrected chi connectivity index (χ1v) is 11.3. The molecule has 168 valence electrons. The van der Waals surface area contributed by atoms with E-state index in [1.54, 1.807) is 22.9 Å². The summed E-state index contributed by atoms with van der Waals surface area (Å²) in [4.78, 5) is 13.7. The molecule has 5 aromatic rings.